The predicted octanol–water partition coefficient (Wildman–Crippen LogP) is 3.32. The average Bonchev–Trinajstić information content (AvgIpc) is 3.03. The van der Waals surface area contributed by atoms with Crippen molar-refractivity contribution in [1.29, 1.82) is 0 Å². The fraction of sp³-hybridized carbons (Fsp3) is 0.441. The Balaban J connectivity index is 1.88. The van der Waals surface area contributed by atoms with Crippen molar-refractivity contribution in [3.63, 3.8) is 0 Å². The molecule has 4 atom stereocenters. The van der Waals surface area contributed by atoms with E-state index in [1.165, 1.54) is 42.5 Å². The van der Waals surface area contributed by atoms with Crippen LogP contribution in [-0.4, -0.2) is 67.5 Å². The topological polar surface area (TPSA) is 155 Å². The second kappa shape index (κ2) is 18.0. The summed E-state index contributed by atoms with van der Waals surface area (Å²) in [5.74, 6) is -3.52. The Morgan fingerprint density at radius 1 is 1.00 bits per heavy atom. The van der Waals surface area contributed by atoms with Crippen LogP contribution in [0.15, 0.2) is 60.7 Å². The molecule has 1 aliphatic heterocycles. The number of benzene rings is 2. The highest BCUT2D eigenvalue weighted by atomic mass is 19.4. The normalized spacial score (nSPS) is 19.2. The quantitative estimate of drug-likeness (QED) is 0.190. The first-order chi connectivity index (χ1) is 23.2. The summed E-state index contributed by atoms with van der Waals surface area (Å²) in [6, 6.07) is 4.49. The number of halogens is 4. The number of hydrogen-bond donors (Lipinski definition) is 5. The van der Waals surface area contributed by atoms with Gasteiger partial charge >= 0.3 is 18.2 Å². The zero-order chi connectivity index (χ0) is 36.1. The van der Waals surface area contributed by atoms with E-state index in [0.717, 1.165) is 19.2 Å². The molecule has 266 valence electrons. The summed E-state index contributed by atoms with van der Waals surface area (Å²) in [7, 11) is 1.14. The Labute approximate surface area is 281 Å². The van der Waals surface area contributed by atoms with Gasteiger partial charge in [0.15, 0.2) is 0 Å². The molecule has 0 radical (unpaired) electrons. The number of nitrogens with one attached hydrogen (secondary N) is 5. The molecule has 1 aliphatic rings. The number of amides is 5. The Bertz CT molecular complexity index is 1520. The van der Waals surface area contributed by atoms with Gasteiger partial charge in [-0.2, -0.15) is 13.2 Å². The van der Waals surface area contributed by atoms with E-state index >= 15 is 0 Å². The van der Waals surface area contributed by atoms with E-state index in [-0.39, 0.29) is 37.3 Å². The summed E-state index contributed by atoms with van der Waals surface area (Å²) in [5.41, 5.74) is -0.351. The minimum Gasteiger partial charge on any atom is -0.467 e. The third kappa shape index (κ3) is 12.5. The third-order valence-electron chi connectivity index (χ3n) is 7.73. The van der Waals surface area contributed by atoms with E-state index in [0.29, 0.717) is 18.4 Å². The number of alkyl halides is 3. The predicted molar refractivity (Wildman–Crippen MR) is 171 cm³/mol. The molecule has 15 heteroatoms. The molecular weight excluding hydrogens is 650 g/mol. The highest BCUT2D eigenvalue weighted by molar-refractivity contribution is 5.93. The fourth-order valence-electron chi connectivity index (χ4n) is 5.14. The summed E-state index contributed by atoms with van der Waals surface area (Å²) < 4.78 is 59.0. The Morgan fingerprint density at radius 3 is 2.39 bits per heavy atom. The monoisotopic (exact) mass is 691 g/mol. The number of ether oxygens (including phenoxy) is 1. The highest BCUT2D eigenvalue weighted by Crippen LogP contribution is 2.29. The SMILES string of the molecule is COC(=O)C(NC(=O)N[C@@H](Cc1cccc(C(F)(F)F)c1)C(=O)N[C@H]1CCCCNC(=O)/C=C/[C@H](Cc2cccc(F)c2)NC1=O)C(C)C. The summed E-state index contributed by atoms with van der Waals surface area (Å²) in [6.45, 7) is 3.59. The first-order valence-electron chi connectivity index (χ1n) is 15.8. The molecule has 0 fully saturated rings. The maximum atomic E-state index is 13.9. The van der Waals surface area contributed by atoms with Crippen LogP contribution in [0, 0.1) is 11.7 Å². The number of rotatable bonds is 10. The van der Waals surface area contributed by atoms with Crippen molar-refractivity contribution in [3.8, 4) is 0 Å². The average molecular weight is 692 g/mol. The molecule has 0 aromatic heterocycles. The number of urea groups is 1. The van der Waals surface area contributed by atoms with Gasteiger partial charge in [-0.25, -0.2) is 14.0 Å². The summed E-state index contributed by atoms with van der Waals surface area (Å²) in [5, 5.41) is 13.0. The van der Waals surface area contributed by atoms with Crippen LogP contribution in [-0.2, 0) is 42.9 Å². The van der Waals surface area contributed by atoms with Crippen LogP contribution in [0.5, 0.6) is 0 Å². The fourth-order valence-corrected chi connectivity index (χ4v) is 5.14. The lowest BCUT2D eigenvalue weighted by Gasteiger charge is -2.26. The van der Waals surface area contributed by atoms with Gasteiger partial charge in [-0.05, 0) is 60.9 Å². The summed E-state index contributed by atoms with van der Waals surface area (Å²) in [6.07, 6.45) is -1.26. The largest absolute Gasteiger partial charge is 0.467 e. The Hall–Kier alpha value is -4.95. The van der Waals surface area contributed by atoms with Crippen molar-refractivity contribution in [2.45, 2.75) is 76.3 Å². The van der Waals surface area contributed by atoms with E-state index in [9.17, 15) is 41.5 Å². The van der Waals surface area contributed by atoms with Crippen molar-refractivity contribution in [2.24, 2.45) is 5.92 Å². The van der Waals surface area contributed by atoms with Crippen LogP contribution in [0.25, 0.3) is 0 Å². The summed E-state index contributed by atoms with van der Waals surface area (Å²) in [4.78, 5) is 64.9. The zero-order valence-electron chi connectivity index (χ0n) is 27.4. The molecule has 49 heavy (non-hydrogen) atoms. The van der Waals surface area contributed by atoms with Crippen molar-refractivity contribution < 1.29 is 46.3 Å². The van der Waals surface area contributed by atoms with E-state index in [4.69, 9.17) is 4.74 Å². The lowest BCUT2D eigenvalue weighted by Crippen LogP contribution is -2.58. The highest BCUT2D eigenvalue weighted by Gasteiger charge is 2.33. The van der Waals surface area contributed by atoms with Gasteiger partial charge in [0.2, 0.25) is 17.7 Å². The molecule has 11 nitrogen and oxygen atoms in total. The molecule has 0 saturated heterocycles. The second-order valence-electron chi connectivity index (χ2n) is 12.0. The van der Waals surface area contributed by atoms with Crippen molar-refractivity contribution in [1.82, 2.24) is 26.6 Å². The minimum absolute atomic E-state index is 0.0721. The van der Waals surface area contributed by atoms with E-state index in [1.54, 1.807) is 19.9 Å². The maximum Gasteiger partial charge on any atom is 0.416 e. The van der Waals surface area contributed by atoms with Gasteiger partial charge in [0, 0.05) is 19.0 Å². The number of carbonyl (C=O) groups excluding carboxylic acids is 5. The van der Waals surface area contributed by atoms with E-state index in [2.05, 4.69) is 26.6 Å². The van der Waals surface area contributed by atoms with Crippen LogP contribution in [0.1, 0.15) is 49.8 Å². The first kappa shape index (κ1) is 38.5. The Morgan fingerprint density at radius 2 is 1.71 bits per heavy atom. The molecular formula is C34H41F4N5O6. The van der Waals surface area contributed by atoms with Crippen LogP contribution >= 0.6 is 0 Å². The van der Waals surface area contributed by atoms with Gasteiger partial charge in [-0.1, -0.05) is 50.3 Å². The molecule has 1 unspecified atom stereocenters. The van der Waals surface area contributed by atoms with Crippen LogP contribution in [0.2, 0.25) is 0 Å². The van der Waals surface area contributed by atoms with Crippen molar-refractivity contribution >= 4 is 29.7 Å². The number of hydrogen-bond acceptors (Lipinski definition) is 6. The van der Waals surface area contributed by atoms with Crippen LogP contribution < -0.4 is 26.6 Å². The molecule has 0 aliphatic carbocycles. The molecule has 0 bridgehead atoms. The lowest BCUT2D eigenvalue weighted by atomic mass is 10.0. The molecule has 2 aromatic rings. The third-order valence-corrected chi connectivity index (χ3v) is 7.73. The summed E-state index contributed by atoms with van der Waals surface area (Å²) >= 11 is 0. The van der Waals surface area contributed by atoms with Gasteiger partial charge in [-0.15, -0.1) is 0 Å². The number of carbonyl (C=O) groups is 5. The van der Waals surface area contributed by atoms with E-state index < -0.39 is 71.5 Å². The molecule has 0 saturated carbocycles. The smallest absolute Gasteiger partial charge is 0.416 e. The molecule has 5 N–H and O–H groups in total. The van der Waals surface area contributed by atoms with Gasteiger partial charge in [-0.3, -0.25) is 14.4 Å². The standard InChI is InChI=1S/C34H41F4N5O6/c1-20(2)29(32(47)49-3)43-33(48)42-27(19-21-8-6-10-23(16-21)34(36,37)38)31(46)41-26-12-4-5-15-39-28(44)14-13-25(40-30(26)45)18-22-9-7-11-24(35)17-22/h6-11,13-14,16-17,20,25-27,29H,4-5,12,15,18-19H2,1-3H3,(H,39,44)(H,40,45)(H,41,46)(H2,42,43,48)/b14-13+/t25-,26+,27+,29?/m1/s1. The van der Waals surface area contributed by atoms with Crippen molar-refractivity contribution in [3.05, 3.63) is 83.2 Å². The Kier molecular flexibility index (Phi) is 14.1. The van der Waals surface area contributed by atoms with Gasteiger partial charge in [0.25, 0.3) is 0 Å². The molecule has 5 amide bonds. The van der Waals surface area contributed by atoms with Crippen LogP contribution in [0.3, 0.4) is 0 Å². The minimum atomic E-state index is -4.66. The van der Waals surface area contributed by atoms with Gasteiger partial charge in [0.05, 0.1) is 18.7 Å². The molecule has 3 rings (SSSR count). The zero-order valence-corrected chi connectivity index (χ0v) is 27.4. The molecule has 0 spiro atoms. The molecule has 2 aromatic carbocycles. The first-order valence-corrected chi connectivity index (χ1v) is 15.8. The maximum absolute atomic E-state index is 13.9. The molecule has 1 heterocycles. The van der Waals surface area contributed by atoms with Crippen LogP contribution in [0.4, 0.5) is 22.4 Å². The van der Waals surface area contributed by atoms with Gasteiger partial charge in [0.1, 0.15) is 23.9 Å². The number of esters is 1. The lowest BCUT2D eigenvalue weighted by molar-refractivity contribution is -0.144. The second-order valence-corrected chi connectivity index (χ2v) is 12.0. The van der Waals surface area contributed by atoms with E-state index in [1.807, 2.05) is 0 Å². The van der Waals surface area contributed by atoms with Crippen molar-refractivity contribution in [2.75, 3.05) is 13.7 Å². The number of methoxy groups -OCH3 is 1. The van der Waals surface area contributed by atoms with Gasteiger partial charge < -0.3 is 31.3 Å².